The summed E-state index contributed by atoms with van der Waals surface area (Å²) in [7, 11) is 0. The van der Waals surface area contributed by atoms with Crippen LogP contribution < -0.4 is 10.2 Å². The number of anilines is 1. The summed E-state index contributed by atoms with van der Waals surface area (Å²) < 4.78 is 5.48. The fraction of sp³-hybridized carbons (Fsp3) is 0.474. The summed E-state index contributed by atoms with van der Waals surface area (Å²) in [6.07, 6.45) is 6.69. The standard InChI is InChI=1S/C19H22N6O2/c26-15(3-1-2-12-8-20-9-12)17-14-10-25(7-5-16(14)27-24-17)19-13-4-6-21-18(13)22-11-23-19/h4,6,11-12,20H,1-3,5,7-10H2,(H,21,22,23). The third-order valence-electron chi connectivity index (χ3n) is 5.61. The van der Waals surface area contributed by atoms with E-state index in [1.54, 1.807) is 6.33 Å². The summed E-state index contributed by atoms with van der Waals surface area (Å²) in [6.45, 7) is 3.52. The van der Waals surface area contributed by atoms with Gasteiger partial charge >= 0.3 is 0 Å². The largest absolute Gasteiger partial charge is 0.360 e. The summed E-state index contributed by atoms with van der Waals surface area (Å²) in [5, 5.41) is 8.36. The minimum atomic E-state index is 0.0867. The SMILES string of the molecule is O=C(CCCC1CNC1)c1noc2c1CN(c1ncnc3[nH]ccc13)CC2. The van der Waals surface area contributed by atoms with E-state index in [0.717, 1.165) is 73.0 Å². The van der Waals surface area contributed by atoms with Crippen molar-refractivity contribution in [2.75, 3.05) is 24.5 Å². The molecule has 27 heavy (non-hydrogen) atoms. The van der Waals surface area contributed by atoms with Gasteiger partial charge in [-0.15, -0.1) is 0 Å². The number of fused-ring (bicyclic) bond motifs is 2. The Kier molecular flexibility index (Phi) is 4.12. The summed E-state index contributed by atoms with van der Waals surface area (Å²) in [5.41, 5.74) is 2.23. The number of ketones is 1. The molecule has 0 unspecified atom stereocenters. The van der Waals surface area contributed by atoms with Gasteiger partial charge in [-0.1, -0.05) is 5.16 Å². The van der Waals surface area contributed by atoms with E-state index in [-0.39, 0.29) is 5.78 Å². The molecule has 2 aliphatic heterocycles. The lowest BCUT2D eigenvalue weighted by Crippen LogP contribution is -2.41. The third kappa shape index (κ3) is 2.99. The van der Waals surface area contributed by atoms with Crippen LogP contribution in [-0.2, 0) is 13.0 Å². The maximum absolute atomic E-state index is 12.7. The molecule has 1 fully saturated rings. The van der Waals surface area contributed by atoms with E-state index in [4.69, 9.17) is 4.52 Å². The molecule has 0 atom stereocenters. The van der Waals surface area contributed by atoms with Gasteiger partial charge in [0.2, 0.25) is 0 Å². The second kappa shape index (κ2) is 6.77. The van der Waals surface area contributed by atoms with Crippen LogP contribution in [0.15, 0.2) is 23.1 Å². The minimum Gasteiger partial charge on any atom is -0.360 e. The predicted octanol–water partition coefficient (Wildman–Crippen LogP) is 2.08. The molecule has 0 radical (unpaired) electrons. The predicted molar refractivity (Wildman–Crippen MR) is 99.7 cm³/mol. The molecule has 2 N–H and O–H groups in total. The molecule has 0 aromatic carbocycles. The molecule has 8 heteroatoms. The maximum Gasteiger partial charge on any atom is 0.185 e. The number of aromatic nitrogens is 4. The molecule has 3 aromatic rings. The Morgan fingerprint density at radius 1 is 1.33 bits per heavy atom. The van der Waals surface area contributed by atoms with Gasteiger partial charge in [-0.3, -0.25) is 4.79 Å². The average Bonchev–Trinajstić information content (AvgIpc) is 3.29. The maximum atomic E-state index is 12.7. The number of hydrogen-bond acceptors (Lipinski definition) is 7. The Morgan fingerprint density at radius 2 is 2.26 bits per heavy atom. The molecule has 0 spiro atoms. The first-order valence-electron chi connectivity index (χ1n) is 9.54. The summed E-state index contributed by atoms with van der Waals surface area (Å²) in [5.74, 6) is 2.52. The number of aromatic amines is 1. The quantitative estimate of drug-likeness (QED) is 0.644. The highest BCUT2D eigenvalue weighted by Crippen LogP contribution is 2.30. The van der Waals surface area contributed by atoms with E-state index in [2.05, 4.69) is 30.3 Å². The molecule has 0 saturated carbocycles. The lowest BCUT2D eigenvalue weighted by atomic mass is 9.94. The van der Waals surface area contributed by atoms with Gasteiger partial charge in [-0.25, -0.2) is 9.97 Å². The fourth-order valence-corrected chi connectivity index (χ4v) is 3.94. The highest BCUT2D eigenvalue weighted by Gasteiger charge is 2.29. The Morgan fingerprint density at radius 3 is 3.11 bits per heavy atom. The molecule has 0 bridgehead atoms. The molecule has 5 rings (SSSR count). The van der Waals surface area contributed by atoms with E-state index < -0.39 is 0 Å². The second-order valence-electron chi connectivity index (χ2n) is 7.38. The summed E-state index contributed by atoms with van der Waals surface area (Å²) in [4.78, 5) is 26.7. The van der Waals surface area contributed by atoms with Crippen molar-refractivity contribution >= 4 is 22.6 Å². The Labute approximate surface area is 156 Å². The Bertz CT molecular complexity index is 974. The van der Waals surface area contributed by atoms with Gasteiger partial charge in [0.1, 0.15) is 23.6 Å². The van der Waals surface area contributed by atoms with Crippen molar-refractivity contribution in [3.63, 3.8) is 0 Å². The number of rotatable bonds is 6. The zero-order chi connectivity index (χ0) is 18.2. The molecule has 0 amide bonds. The van der Waals surface area contributed by atoms with Gasteiger partial charge in [0.15, 0.2) is 11.5 Å². The van der Waals surface area contributed by atoms with E-state index in [1.807, 2.05) is 12.3 Å². The number of nitrogens with one attached hydrogen (secondary N) is 2. The highest BCUT2D eigenvalue weighted by atomic mass is 16.5. The highest BCUT2D eigenvalue weighted by molar-refractivity contribution is 5.96. The third-order valence-corrected chi connectivity index (χ3v) is 5.61. The number of carbonyl (C=O) groups is 1. The van der Waals surface area contributed by atoms with Crippen molar-refractivity contribution in [2.24, 2.45) is 5.92 Å². The number of nitrogens with zero attached hydrogens (tertiary/aromatic N) is 4. The van der Waals surface area contributed by atoms with Crippen LogP contribution in [0.25, 0.3) is 11.0 Å². The average molecular weight is 366 g/mol. The van der Waals surface area contributed by atoms with Crippen LogP contribution in [0.5, 0.6) is 0 Å². The smallest absolute Gasteiger partial charge is 0.185 e. The molecule has 1 saturated heterocycles. The van der Waals surface area contributed by atoms with E-state index >= 15 is 0 Å². The molecule has 8 nitrogen and oxygen atoms in total. The Balaban J connectivity index is 1.33. The number of hydrogen-bond donors (Lipinski definition) is 2. The second-order valence-corrected chi connectivity index (χ2v) is 7.38. The van der Waals surface area contributed by atoms with Crippen molar-refractivity contribution in [1.29, 1.82) is 0 Å². The molecular formula is C19H22N6O2. The normalized spacial score (nSPS) is 17.1. The van der Waals surface area contributed by atoms with Crippen LogP contribution in [0.2, 0.25) is 0 Å². The fourth-order valence-electron chi connectivity index (χ4n) is 3.94. The number of H-pyrrole nitrogens is 1. The number of carbonyl (C=O) groups excluding carboxylic acids is 1. The first kappa shape index (κ1) is 16.4. The minimum absolute atomic E-state index is 0.0867. The van der Waals surface area contributed by atoms with E-state index in [9.17, 15) is 4.79 Å². The van der Waals surface area contributed by atoms with Crippen LogP contribution in [-0.4, -0.2) is 45.5 Å². The zero-order valence-electron chi connectivity index (χ0n) is 15.1. The summed E-state index contributed by atoms with van der Waals surface area (Å²) >= 11 is 0. The summed E-state index contributed by atoms with van der Waals surface area (Å²) in [6, 6.07) is 1.98. The van der Waals surface area contributed by atoms with Gasteiger partial charge in [0, 0.05) is 31.1 Å². The van der Waals surface area contributed by atoms with Crippen molar-refractivity contribution in [3.05, 3.63) is 35.6 Å². The van der Waals surface area contributed by atoms with Crippen molar-refractivity contribution in [3.8, 4) is 0 Å². The molecule has 5 heterocycles. The Hall–Kier alpha value is -2.74. The first-order chi connectivity index (χ1) is 13.3. The van der Waals surface area contributed by atoms with Crippen LogP contribution in [0.3, 0.4) is 0 Å². The van der Waals surface area contributed by atoms with Crippen LogP contribution in [0, 0.1) is 5.92 Å². The topological polar surface area (TPSA) is 99.9 Å². The first-order valence-corrected chi connectivity index (χ1v) is 9.54. The lowest BCUT2D eigenvalue weighted by molar-refractivity contribution is 0.0966. The molecule has 140 valence electrons. The van der Waals surface area contributed by atoms with Gasteiger partial charge in [-0.2, -0.15) is 0 Å². The van der Waals surface area contributed by atoms with Crippen LogP contribution in [0.1, 0.15) is 41.1 Å². The van der Waals surface area contributed by atoms with E-state index in [0.29, 0.717) is 18.7 Å². The number of Topliss-reactive ketones (excluding diaryl/α,β-unsaturated/α-hetero) is 1. The van der Waals surface area contributed by atoms with Crippen molar-refractivity contribution in [2.45, 2.75) is 32.2 Å². The van der Waals surface area contributed by atoms with Gasteiger partial charge < -0.3 is 19.7 Å². The van der Waals surface area contributed by atoms with Crippen LogP contribution >= 0.6 is 0 Å². The van der Waals surface area contributed by atoms with Gasteiger partial charge in [0.05, 0.1) is 11.9 Å². The lowest BCUT2D eigenvalue weighted by Gasteiger charge is -2.27. The van der Waals surface area contributed by atoms with E-state index in [1.165, 1.54) is 0 Å². The zero-order valence-corrected chi connectivity index (χ0v) is 15.1. The van der Waals surface area contributed by atoms with Crippen LogP contribution in [0.4, 0.5) is 5.82 Å². The molecule has 0 aliphatic carbocycles. The molecule has 2 aliphatic rings. The van der Waals surface area contributed by atoms with Gasteiger partial charge in [-0.05, 0) is 37.9 Å². The van der Waals surface area contributed by atoms with Gasteiger partial charge in [0.25, 0.3) is 0 Å². The molecular weight excluding hydrogens is 344 g/mol. The monoisotopic (exact) mass is 366 g/mol. The van der Waals surface area contributed by atoms with Crippen molar-refractivity contribution < 1.29 is 9.32 Å². The van der Waals surface area contributed by atoms with Crippen molar-refractivity contribution in [1.82, 2.24) is 25.4 Å². The molecule has 3 aromatic heterocycles.